The summed E-state index contributed by atoms with van der Waals surface area (Å²) in [6, 6.07) is 3.19. The summed E-state index contributed by atoms with van der Waals surface area (Å²) >= 11 is 0. The summed E-state index contributed by atoms with van der Waals surface area (Å²) in [5, 5.41) is 10.8. The van der Waals surface area contributed by atoms with Crippen molar-refractivity contribution >= 4 is 21.4 Å². The predicted octanol–water partition coefficient (Wildman–Crippen LogP) is 0.775. The van der Waals surface area contributed by atoms with Crippen molar-refractivity contribution < 1.29 is 18.1 Å². The number of nitro benzene ring substituents is 1. The standard InChI is InChI=1S/C12H15N3O5S/c13-9-3-2-8(6-11(9)15(16)17)21(18,19)14-10-5-7-1-4-12(10)20-7/h2-3,6-7,10,12,14H,1,4-5,13H2. The van der Waals surface area contributed by atoms with Gasteiger partial charge in [0.2, 0.25) is 10.0 Å². The highest BCUT2D eigenvalue weighted by Crippen LogP contribution is 2.35. The van der Waals surface area contributed by atoms with Crippen LogP contribution in [0.3, 0.4) is 0 Å². The van der Waals surface area contributed by atoms with Crippen molar-refractivity contribution in [2.75, 3.05) is 5.73 Å². The third-order valence-electron chi connectivity index (χ3n) is 3.92. The van der Waals surface area contributed by atoms with E-state index in [0.717, 1.165) is 18.9 Å². The van der Waals surface area contributed by atoms with Gasteiger partial charge in [-0.05, 0) is 31.4 Å². The Morgan fingerprint density at radius 1 is 1.38 bits per heavy atom. The molecule has 2 fully saturated rings. The predicted molar refractivity (Wildman–Crippen MR) is 74.1 cm³/mol. The number of anilines is 1. The second kappa shape index (κ2) is 4.93. The van der Waals surface area contributed by atoms with Gasteiger partial charge in [-0.25, -0.2) is 13.1 Å². The molecular weight excluding hydrogens is 298 g/mol. The fourth-order valence-corrected chi connectivity index (χ4v) is 4.17. The Morgan fingerprint density at radius 3 is 2.71 bits per heavy atom. The van der Waals surface area contributed by atoms with Crippen molar-refractivity contribution in [2.24, 2.45) is 0 Å². The number of hydrogen-bond acceptors (Lipinski definition) is 6. The maximum atomic E-state index is 12.3. The van der Waals surface area contributed by atoms with Crippen LogP contribution in [0.15, 0.2) is 23.1 Å². The van der Waals surface area contributed by atoms with Crippen molar-refractivity contribution in [1.82, 2.24) is 4.72 Å². The van der Waals surface area contributed by atoms with E-state index >= 15 is 0 Å². The van der Waals surface area contributed by atoms with E-state index in [4.69, 9.17) is 10.5 Å². The van der Waals surface area contributed by atoms with Crippen molar-refractivity contribution in [3.63, 3.8) is 0 Å². The summed E-state index contributed by atoms with van der Waals surface area (Å²) in [7, 11) is -3.83. The van der Waals surface area contributed by atoms with Gasteiger partial charge < -0.3 is 10.5 Å². The lowest BCUT2D eigenvalue weighted by atomic mass is 9.96. The number of benzene rings is 1. The number of ether oxygens (including phenoxy) is 1. The summed E-state index contributed by atoms with van der Waals surface area (Å²) in [5.74, 6) is 0. The van der Waals surface area contributed by atoms with E-state index in [2.05, 4.69) is 4.72 Å². The molecule has 3 atom stereocenters. The van der Waals surface area contributed by atoms with E-state index in [9.17, 15) is 18.5 Å². The Kier molecular flexibility index (Phi) is 3.34. The van der Waals surface area contributed by atoms with Crippen LogP contribution in [-0.2, 0) is 14.8 Å². The molecule has 2 aliphatic heterocycles. The SMILES string of the molecule is Nc1ccc(S(=O)(=O)NC2CC3CCC2O3)cc1[N+](=O)[O-]. The van der Waals surface area contributed by atoms with Gasteiger partial charge >= 0.3 is 0 Å². The molecule has 3 rings (SSSR count). The monoisotopic (exact) mass is 313 g/mol. The van der Waals surface area contributed by atoms with Crippen molar-refractivity contribution in [1.29, 1.82) is 0 Å². The Morgan fingerprint density at radius 2 is 2.14 bits per heavy atom. The average molecular weight is 313 g/mol. The zero-order valence-corrected chi connectivity index (χ0v) is 11.9. The molecule has 3 unspecified atom stereocenters. The molecular formula is C12H15N3O5S. The first-order valence-corrected chi connectivity index (χ1v) is 8.07. The van der Waals surface area contributed by atoms with Crippen LogP contribution >= 0.6 is 0 Å². The van der Waals surface area contributed by atoms with E-state index in [1.54, 1.807) is 0 Å². The van der Waals surface area contributed by atoms with Crippen LogP contribution in [0.1, 0.15) is 19.3 Å². The fraction of sp³-hybridized carbons (Fsp3) is 0.500. The number of nitrogens with two attached hydrogens (primary N) is 1. The topological polar surface area (TPSA) is 125 Å². The Hall–Kier alpha value is -1.71. The number of fused-ring (bicyclic) bond motifs is 2. The van der Waals surface area contributed by atoms with Crippen LogP contribution in [0.5, 0.6) is 0 Å². The molecule has 9 heteroatoms. The van der Waals surface area contributed by atoms with E-state index in [-0.39, 0.29) is 28.8 Å². The van der Waals surface area contributed by atoms with Gasteiger partial charge in [-0.15, -0.1) is 0 Å². The molecule has 0 amide bonds. The van der Waals surface area contributed by atoms with Gasteiger partial charge in [0.1, 0.15) is 5.69 Å². The number of sulfonamides is 1. The van der Waals surface area contributed by atoms with Crippen LogP contribution in [0.25, 0.3) is 0 Å². The molecule has 2 heterocycles. The highest BCUT2D eigenvalue weighted by Gasteiger charge is 2.42. The molecule has 8 nitrogen and oxygen atoms in total. The Balaban J connectivity index is 1.85. The highest BCUT2D eigenvalue weighted by molar-refractivity contribution is 7.89. The molecule has 1 aromatic rings. The number of nitrogen functional groups attached to an aromatic ring is 1. The minimum Gasteiger partial charge on any atom is -0.393 e. The molecule has 0 spiro atoms. The van der Waals surface area contributed by atoms with Gasteiger partial charge in [-0.3, -0.25) is 10.1 Å². The summed E-state index contributed by atoms with van der Waals surface area (Å²) in [6.45, 7) is 0. The summed E-state index contributed by atoms with van der Waals surface area (Å²) in [5.41, 5.74) is 4.99. The van der Waals surface area contributed by atoms with Crippen LogP contribution in [0, 0.1) is 10.1 Å². The molecule has 0 radical (unpaired) electrons. The third kappa shape index (κ3) is 2.59. The lowest BCUT2D eigenvalue weighted by molar-refractivity contribution is -0.384. The molecule has 1 aromatic carbocycles. The largest absolute Gasteiger partial charge is 0.393 e. The molecule has 21 heavy (non-hydrogen) atoms. The van der Waals surface area contributed by atoms with Crippen LogP contribution in [0.2, 0.25) is 0 Å². The third-order valence-corrected chi connectivity index (χ3v) is 5.41. The first-order chi connectivity index (χ1) is 9.87. The smallest absolute Gasteiger partial charge is 0.293 e. The first kappa shape index (κ1) is 14.2. The maximum absolute atomic E-state index is 12.3. The lowest BCUT2D eigenvalue weighted by Crippen LogP contribution is -2.41. The summed E-state index contributed by atoms with van der Waals surface area (Å²) in [6.07, 6.45) is 2.44. The first-order valence-electron chi connectivity index (χ1n) is 6.58. The second-order valence-corrected chi connectivity index (χ2v) is 7.03. The second-order valence-electron chi connectivity index (χ2n) is 5.32. The van der Waals surface area contributed by atoms with Crippen molar-refractivity contribution in [3.8, 4) is 0 Å². The minimum absolute atomic E-state index is 0.0674. The molecule has 2 saturated heterocycles. The van der Waals surface area contributed by atoms with Crippen molar-refractivity contribution in [3.05, 3.63) is 28.3 Å². The van der Waals surface area contributed by atoms with E-state index in [0.29, 0.717) is 6.42 Å². The lowest BCUT2D eigenvalue weighted by Gasteiger charge is -2.19. The highest BCUT2D eigenvalue weighted by atomic mass is 32.2. The van der Waals surface area contributed by atoms with Crippen LogP contribution in [-0.4, -0.2) is 31.6 Å². The maximum Gasteiger partial charge on any atom is 0.293 e. The number of hydrogen-bond donors (Lipinski definition) is 2. The van der Waals surface area contributed by atoms with Crippen LogP contribution in [0.4, 0.5) is 11.4 Å². The molecule has 3 N–H and O–H groups in total. The molecule has 2 bridgehead atoms. The average Bonchev–Trinajstić information content (AvgIpc) is 3.00. The molecule has 0 aliphatic carbocycles. The van der Waals surface area contributed by atoms with Gasteiger partial charge in [0.25, 0.3) is 5.69 Å². The Labute approximate surface area is 121 Å². The fourth-order valence-electron chi connectivity index (χ4n) is 2.88. The number of nitrogens with zero attached hydrogens (tertiary/aromatic N) is 1. The minimum atomic E-state index is -3.83. The van der Waals surface area contributed by atoms with E-state index in [1.807, 2.05) is 0 Å². The summed E-state index contributed by atoms with van der Waals surface area (Å²) in [4.78, 5) is 9.98. The summed E-state index contributed by atoms with van der Waals surface area (Å²) < 4.78 is 32.8. The van der Waals surface area contributed by atoms with Crippen LogP contribution < -0.4 is 10.5 Å². The molecule has 114 valence electrons. The molecule has 2 aliphatic rings. The van der Waals surface area contributed by atoms with Gasteiger partial charge in [-0.1, -0.05) is 0 Å². The van der Waals surface area contributed by atoms with E-state index in [1.165, 1.54) is 12.1 Å². The normalized spacial score (nSPS) is 27.9. The van der Waals surface area contributed by atoms with E-state index < -0.39 is 20.6 Å². The molecule has 0 aromatic heterocycles. The van der Waals surface area contributed by atoms with Gasteiger partial charge in [-0.2, -0.15) is 0 Å². The number of nitrogens with one attached hydrogen (secondary N) is 1. The Bertz CT molecular complexity index is 690. The quantitative estimate of drug-likeness (QED) is 0.480. The molecule has 0 saturated carbocycles. The van der Waals surface area contributed by atoms with Gasteiger partial charge in [0.05, 0.1) is 28.1 Å². The zero-order chi connectivity index (χ0) is 15.2. The van der Waals surface area contributed by atoms with Gasteiger partial charge in [0.15, 0.2) is 0 Å². The number of nitro groups is 1. The number of rotatable bonds is 4. The van der Waals surface area contributed by atoms with Crippen molar-refractivity contribution in [2.45, 2.75) is 42.4 Å². The zero-order valence-electron chi connectivity index (χ0n) is 11.1. The van der Waals surface area contributed by atoms with Gasteiger partial charge in [0, 0.05) is 6.07 Å².